The van der Waals surface area contributed by atoms with Gasteiger partial charge in [0.15, 0.2) is 0 Å². The molecule has 0 saturated carbocycles. The highest BCUT2D eigenvalue weighted by atomic mass is 16.5. The minimum absolute atomic E-state index is 0.319. The predicted octanol–water partition coefficient (Wildman–Crippen LogP) is 2.34. The van der Waals surface area contributed by atoms with E-state index in [9.17, 15) is 5.11 Å². The maximum atomic E-state index is 10.2. The number of rotatable bonds is 8. The summed E-state index contributed by atoms with van der Waals surface area (Å²) in [4.78, 5) is 0. The van der Waals surface area contributed by atoms with Crippen LogP contribution in [0.2, 0.25) is 0 Å². The van der Waals surface area contributed by atoms with Crippen LogP contribution in [0.1, 0.15) is 40.0 Å². The lowest BCUT2D eigenvalue weighted by Crippen LogP contribution is -2.32. The van der Waals surface area contributed by atoms with Crippen molar-refractivity contribution in [2.45, 2.75) is 45.6 Å². The van der Waals surface area contributed by atoms with Gasteiger partial charge in [-0.25, -0.2) is 0 Å². The third-order valence-corrected chi connectivity index (χ3v) is 3.50. The van der Waals surface area contributed by atoms with Crippen molar-refractivity contribution < 1.29 is 14.6 Å². The highest BCUT2D eigenvalue weighted by Crippen LogP contribution is 2.25. The average Bonchev–Trinajstić information content (AvgIpc) is 2.42. The summed E-state index contributed by atoms with van der Waals surface area (Å²) in [6, 6.07) is 0. The van der Waals surface area contributed by atoms with Gasteiger partial charge in [-0.15, -0.1) is 0 Å². The summed E-state index contributed by atoms with van der Waals surface area (Å²) >= 11 is 0. The summed E-state index contributed by atoms with van der Waals surface area (Å²) in [5.41, 5.74) is 4.69. The van der Waals surface area contributed by atoms with Gasteiger partial charge in [0.2, 0.25) is 0 Å². The molecule has 0 saturated heterocycles. The minimum Gasteiger partial charge on any atom is -0.496 e. The van der Waals surface area contributed by atoms with Crippen molar-refractivity contribution >= 4 is 0 Å². The van der Waals surface area contributed by atoms with Crippen LogP contribution in [0.3, 0.4) is 0 Å². The monoisotopic (exact) mass is 269 g/mol. The summed E-state index contributed by atoms with van der Waals surface area (Å²) in [6.07, 6.45) is 6.22. The molecule has 0 aromatic heterocycles. The normalized spacial score (nSPS) is 19.7. The zero-order valence-electron chi connectivity index (χ0n) is 12.3. The van der Waals surface area contributed by atoms with Crippen LogP contribution >= 0.6 is 0 Å². The van der Waals surface area contributed by atoms with E-state index in [0.29, 0.717) is 38.5 Å². The quantitative estimate of drug-likeness (QED) is 0.710. The molecule has 1 atom stereocenters. The van der Waals surface area contributed by atoms with Crippen LogP contribution in [0, 0.1) is 5.92 Å². The molecule has 1 unspecified atom stereocenters. The van der Waals surface area contributed by atoms with E-state index in [0.717, 1.165) is 17.9 Å². The van der Waals surface area contributed by atoms with Crippen molar-refractivity contribution in [1.29, 1.82) is 0 Å². The molecule has 110 valence electrons. The van der Waals surface area contributed by atoms with Crippen molar-refractivity contribution in [3.63, 3.8) is 0 Å². The Kier molecular flexibility index (Phi) is 6.38. The van der Waals surface area contributed by atoms with Gasteiger partial charge in [-0.2, -0.15) is 0 Å². The largest absolute Gasteiger partial charge is 0.496 e. The Hall–Kier alpha value is -1.00. The molecule has 0 aliphatic heterocycles. The standard InChI is InChI=1S/C15H27NO3/c1-4-15(17,5-2)11-19-14-9-12(3)8-13(10-14)18-7-6-16/h9-10,12,17H,4-8,11,16H2,1-3H3. The molecule has 0 fully saturated rings. The smallest absolute Gasteiger partial charge is 0.119 e. The number of hydrogen-bond donors (Lipinski definition) is 2. The van der Waals surface area contributed by atoms with Crippen LogP contribution in [-0.4, -0.2) is 30.5 Å². The van der Waals surface area contributed by atoms with E-state index in [-0.39, 0.29) is 0 Å². The third-order valence-electron chi connectivity index (χ3n) is 3.50. The van der Waals surface area contributed by atoms with Gasteiger partial charge in [-0.1, -0.05) is 20.8 Å². The molecular formula is C15H27NO3. The fourth-order valence-electron chi connectivity index (χ4n) is 1.97. The van der Waals surface area contributed by atoms with E-state index in [1.165, 1.54) is 0 Å². The summed E-state index contributed by atoms with van der Waals surface area (Å²) in [5.74, 6) is 2.07. The fraction of sp³-hybridized carbons (Fsp3) is 0.733. The van der Waals surface area contributed by atoms with Gasteiger partial charge < -0.3 is 20.3 Å². The average molecular weight is 269 g/mol. The minimum atomic E-state index is -0.742. The number of aliphatic hydroxyl groups is 1. The van der Waals surface area contributed by atoms with Crippen molar-refractivity contribution in [2.75, 3.05) is 19.8 Å². The number of ether oxygens (including phenoxy) is 2. The zero-order chi connectivity index (χ0) is 14.3. The molecule has 4 nitrogen and oxygen atoms in total. The van der Waals surface area contributed by atoms with Crippen LogP contribution in [-0.2, 0) is 9.47 Å². The topological polar surface area (TPSA) is 64.7 Å². The molecule has 4 heteroatoms. The first-order valence-corrected chi connectivity index (χ1v) is 7.13. The Morgan fingerprint density at radius 2 is 2.05 bits per heavy atom. The molecular weight excluding hydrogens is 242 g/mol. The summed E-state index contributed by atoms with van der Waals surface area (Å²) < 4.78 is 11.3. The SMILES string of the molecule is CCC(O)(CC)COC1=CC(C)CC(OCCN)=C1. The van der Waals surface area contributed by atoms with E-state index in [1.54, 1.807) is 0 Å². The first-order valence-electron chi connectivity index (χ1n) is 7.13. The second-order valence-corrected chi connectivity index (χ2v) is 5.22. The Balaban J connectivity index is 2.58. The lowest BCUT2D eigenvalue weighted by Gasteiger charge is -2.27. The first kappa shape index (κ1) is 16.1. The Labute approximate surface area is 116 Å². The Bertz CT molecular complexity index is 332. The van der Waals surface area contributed by atoms with Gasteiger partial charge >= 0.3 is 0 Å². The van der Waals surface area contributed by atoms with Crippen LogP contribution in [0.25, 0.3) is 0 Å². The lowest BCUT2D eigenvalue weighted by atomic mass is 9.98. The fourth-order valence-corrected chi connectivity index (χ4v) is 1.97. The Morgan fingerprint density at radius 1 is 1.37 bits per heavy atom. The molecule has 0 bridgehead atoms. The van der Waals surface area contributed by atoms with Gasteiger partial charge in [0.05, 0.1) is 12.2 Å². The highest BCUT2D eigenvalue weighted by Gasteiger charge is 2.24. The maximum Gasteiger partial charge on any atom is 0.119 e. The Morgan fingerprint density at radius 3 is 2.63 bits per heavy atom. The molecule has 0 aromatic carbocycles. The highest BCUT2D eigenvalue weighted by molar-refractivity contribution is 5.22. The van der Waals surface area contributed by atoms with Gasteiger partial charge in [0.1, 0.15) is 18.1 Å². The molecule has 1 aliphatic rings. The first-order chi connectivity index (χ1) is 9.03. The van der Waals surface area contributed by atoms with Crippen LogP contribution in [0.5, 0.6) is 0 Å². The predicted molar refractivity (Wildman–Crippen MR) is 76.4 cm³/mol. The third kappa shape index (κ3) is 5.25. The molecule has 1 aliphatic carbocycles. The summed E-state index contributed by atoms with van der Waals surface area (Å²) in [5, 5.41) is 10.2. The van der Waals surface area contributed by atoms with Crippen LogP contribution in [0.15, 0.2) is 23.7 Å². The van der Waals surface area contributed by atoms with Crippen molar-refractivity contribution in [1.82, 2.24) is 0 Å². The lowest BCUT2D eigenvalue weighted by molar-refractivity contribution is -0.0308. The van der Waals surface area contributed by atoms with Crippen molar-refractivity contribution in [3.8, 4) is 0 Å². The van der Waals surface area contributed by atoms with Gasteiger partial charge in [-0.05, 0) is 24.8 Å². The molecule has 0 radical (unpaired) electrons. The molecule has 0 amide bonds. The van der Waals surface area contributed by atoms with E-state index < -0.39 is 5.60 Å². The van der Waals surface area contributed by atoms with Gasteiger partial charge in [0.25, 0.3) is 0 Å². The van der Waals surface area contributed by atoms with Crippen LogP contribution in [0.4, 0.5) is 0 Å². The van der Waals surface area contributed by atoms with E-state index in [2.05, 4.69) is 13.0 Å². The molecule has 0 aromatic rings. The van der Waals surface area contributed by atoms with Gasteiger partial charge in [-0.3, -0.25) is 0 Å². The molecule has 1 rings (SSSR count). The maximum absolute atomic E-state index is 10.2. The summed E-state index contributed by atoms with van der Waals surface area (Å²) in [6.45, 7) is 7.41. The van der Waals surface area contributed by atoms with E-state index >= 15 is 0 Å². The number of nitrogens with two attached hydrogens (primary N) is 1. The molecule has 19 heavy (non-hydrogen) atoms. The van der Waals surface area contributed by atoms with Crippen LogP contribution < -0.4 is 5.73 Å². The zero-order valence-corrected chi connectivity index (χ0v) is 12.3. The molecule has 3 N–H and O–H groups in total. The molecule has 0 heterocycles. The van der Waals surface area contributed by atoms with Crippen molar-refractivity contribution in [3.05, 3.63) is 23.7 Å². The molecule has 0 spiro atoms. The van der Waals surface area contributed by atoms with Gasteiger partial charge in [0, 0.05) is 19.0 Å². The second kappa shape index (κ2) is 7.56. The second-order valence-electron chi connectivity index (χ2n) is 5.22. The summed E-state index contributed by atoms with van der Waals surface area (Å²) in [7, 11) is 0. The number of hydrogen-bond acceptors (Lipinski definition) is 4. The number of allylic oxidation sites excluding steroid dienone is 3. The van der Waals surface area contributed by atoms with E-state index in [4.69, 9.17) is 15.2 Å². The van der Waals surface area contributed by atoms with Crippen molar-refractivity contribution in [2.24, 2.45) is 11.7 Å². The van der Waals surface area contributed by atoms with E-state index in [1.807, 2.05) is 19.9 Å².